The average molecular weight is 299 g/mol. The van der Waals surface area contributed by atoms with E-state index >= 15 is 0 Å². The molecule has 7 nitrogen and oxygen atoms in total. The third-order valence-electron chi connectivity index (χ3n) is 4.14. The summed E-state index contributed by atoms with van der Waals surface area (Å²) in [6.07, 6.45) is 3.83. The molecule has 0 amide bonds. The molecule has 0 aromatic carbocycles. The molecule has 0 saturated carbocycles. The molecule has 0 aliphatic carbocycles. The Labute approximate surface area is 126 Å². The van der Waals surface area contributed by atoms with Crippen molar-refractivity contribution in [1.29, 1.82) is 0 Å². The smallest absolute Gasteiger partial charge is 0.351 e. The van der Waals surface area contributed by atoms with Crippen molar-refractivity contribution in [3.05, 3.63) is 52.4 Å². The molecule has 1 saturated heterocycles. The minimum absolute atomic E-state index is 0.116. The van der Waals surface area contributed by atoms with Gasteiger partial charge in [0.05, 0.1) is 18.4 Å². The summed E-state index contributed by atoms with van der Waals surface area (Å²) in [5, 5.41) is 8.35. The van der Waals surface area contributed by atoms with E-state index in [9.17, 15) is 4.79 Å². The van der Waals surface area contributed by atoms with Gasteiger partial charge >= 0.3 is 5.69 Å². The van der Waals surface area contributed by atoms with Crippen molar-refractivity contribution in [2.24, 2.45) is 0 Å². The predicted octanol–water partition coefficient (Wildman–Crippen LogP) is 1.59. The standard InChI is InChI=1S/C15H17N5O2/c1-11-9-13(22-17-11)12-5-4-7-18(12)10-20-15(21)19-8-3-2-6-14(19)16-20/h2-3,6,8-9,12H,4-5,7,10H2,1H3. The maximum atomic E-state index is 12.4. The first-order valence-electron chi connectivity index (χ1n) is 7.44. The molecule has 0 bridgehead atoms. The Morgan fingerprint density at radius 3 is 3.09 bits per heavy atom. The molecule has 1 unspecified atom stereocenters. The number of hydrogen-bond acceptors (Lipinski definition) is 5. The van der Waals surface area contributed by atoms with Crippen molar-refractivity contribution in [3.8, 4) is 0 Å². The second-order valence-electron chi connectivity index (χ2n) is 5.69. The van der Waals surface area contributed by atoms with Gasteiger partial charge in [0.15, 0.2) is 11.4 Å². The van der Waals surface area contributed by atoms with Gasteiger partial charge in [-0.1, -0.05) is 11.2 Å². The van der Waals surface area contributed by atoms with Crippen LogP contribution in [0.5, 0.6) is 0 Å². The highest BCUT2D eigenvalue weighted by Gasteiger charge is 2.29. The van der Waals surface area contributed by atoms with E-state index in [0.29, 0.717) is 12.3 Å². The fourth-order valence-corrected chi connectivity index (χ4v) is 3.09. The van der Waals surface area contributed by atoms with Gasteiger partial charge in [-0.3, -0.25) is 9.30 Å². The molecule has 4 heterocycles. The Hall–Kier alpha value is -2.41. The van der Waals surface area contributed by atoms with Crippen molar-refractivity contribution in [2.45, 2.75) is 32.5 Å². The maximum absolute atomic E-state index is 12.4. The van der Waals surface area contributed by atoms with Crippen LogP contribution in [0, 0.1) is 6.92 Å². The van der Waals surface area contributed by atoms with E-state index in [4.69, 9.17) is 4.52 Å². The van der Waals surface area contributed by atoms with Crippen molar-refractivity contribution in [1.82, 2.24) is 24.2 Å². The Morgan fingerprint density at radius 1 is 1.41 bits per heavy atom. The molecule has 3 aromatic rings. The predicted molar refractivity (Wildman–Crippen MR) is 79.4 cm³/mol. The summed E-state index contributed by atoms with van der Waals surface area (Å²) in [4.78, 5) is 14.6. The molecule has 22 heavy (non-hydrogen) atoms. The molecule has 1 fully saturated rings. The first kappa shape index (κ1) is 13.3. The largest absolute Gasteiger partial charge is 0.359 e. The van der Waals surface area contributed by atoms with Crippen LogP contribution in [0.25, 0.3) is 5.65 Å². The fraction of sp³-hybridized carbons (Fsp3) is 0.400. The molecule has 7 heteroatoms. The number of likely N-dealkylation sites (tertiary alicyclic amines) is 1. The van der Waals surface area contributed by atoms with Crippen LogP contribution in [0.4, 0.5) is 0 Å². The van der Waals surface area contributed by atoms with Gasteiger partial charge in [0.1, 0.15) is 0 Å². The van der Waals surface area contributed by atoms with Gasteiger partial charge in [0.2, 0.25) is 0 Å². The molecule has 3 aromatic heterocycles. The number of aryl methyl sites for hydroxylation is 1. The van der Waals surface area contributed by atoms with Crippen LogP contribution in [0.2, 0.25) is 0 Å². The van der Waals surface area contributed by atoms with Crippen LogP contribution in [-0.2, 0) is 6.67 Å². The van der Waals surface area contributed by atoms with Crippen LogP contribution in [0.3, 0.4) is 0 Å². The fourth-order valence-electron chi connectivity index (χ4n) is 3.09. The Balaban J connectivity index is 1.64. The van der Waals surface area contributed by atoms with Crippen LogP contribution < -0.4 is 5.69 Å². The quantitative estimate of drug-likeness (QED) is 0.734. The van der Waals surface area contributed by atoms with Gasteiger partial charge in [0.25, 0.3) is 0 Å². The molecule has 1 aliphatic heterocycles. The Kier molecular flexibility index (Phi) is 3.07. The lowest BCUT2D eigenvalue weighted by molar-refractivity contribution is 0.162. The maximum Gasteiger partial charge on any atom is 0.351 e. The summed E-state index contributed by atoms with van der Waals surface area (Å²) >= 11 is 0. The van der Waals surface area contributed by atoms with Gasteiger partial charge in [-0.15, -0.1) is 5.10 Å². The van der Waals surface area contributed by atoms with E-state index < -0.39 is 0 Å². The van der Waals surface area contributed by atoms with Crippen molar-refractivity contribution in [2.75, 3.05) is 6.54 Å². The summed E-state index contributed by atoms with van der Waals surface area (Å²) in [6, 6.07) is 7.67. The van der Waals surface area contributed by atoms with Crippen molar-refractivity contribution in [3.63, 3.8) is 0 Å². The van der Waals surface area contributed by atoms with Crippen molar-refractivity contribution >= 4 is 5.65 Å². The monoisotopic (exact) mass is 299 g/mol. The number of nitrogens with zero attached hydrogens (tertiary/aromatic N) is 5. The third kappa shape index (κ3) is 2.14. The van der Waals surface area contributed by atoms with E-state index in [1.165, 1.54) is 4.68 Å². The lowest BCUT2D eigenvalue weighted by Gasteiger charge is -2.21. The lowest BCUT2D eigenvalue weighted by atomic mass is 10.1. The highest BCUT2D eigenvalue weighted by Crippen LogP contribution is 2.32. The number of rotatable bonds is 3. The van der Waals surface area contributed by atoms with Gasteiger partial charge in [0, 0.05) is 18.8 Å². The number of fused-ring (bicyclic) bond motifs is 1. The summed E-state index contributed by atoms with van der Waals surface area (Å²) < 4.78 is 8.47. The highest BCUT2D eigenvalue weighted by molar-refractivity contribution is 5.35. The molecule has 0 radical (unpaired) electrons. The first-order valence-corrected chi connectivity index (χ1v) is 7.44. The Morgan fingerprint density at radius 2 is 2.32 bits per heavy atom. The SMILES string of the molecule is Cc1cc(C2CCCN2Cn2nc3ccccn3c2=O)on1. The molecule has 0 spiro atoms. The zero-order valence-electron chi connectivity index (χ0n) is 12.3. The minimum Gasteiger partial charge on any atom is -0.359 e. The van der Waals surface area contributed by atoms with Gasteiger partial charge in [-0.2, -0.15) is 4.68 Å². The topological polar surface area (TPSA) is 68.6 Å². The van der Waals surface area contributed by atoms with Crippen LogP contribution in [-0.4, -0.2) is 30.8 Å². The number of hydrogen-bond donors (Lipinski definition) is 0. The highest BCUT2D eigenvalue weighted by atomic mass is 16.5. The molecule has 114 valence electrons. The molecule has 0 N–H and O–H groups in total. The minimum atomic E-state index is -0.116. The zero-order valence-corrected chi connectivity index (χ0v) is 12.3. The van der Waals surface area contributed by atoms with E-state index in [2.05, 4.69) is 15.2 Å². The van der Waals surface area contributed by atoms with Gasteiger partial charge in [-0.25, -0.2) is 4.79 Å². The molecule has 4 rings (SSSR count). The van der Waals surface area contributed by atoms with Crippen LogP contribution in [0.1, 0.15) is 30.3 Å². The van der Waals surface area contributed by atoms with E-state index in [1.807, 2.05) is 31.2 Å². The summed E-state index contributed by atoms with van der Waals surface area (Å²) in [6.45, 7) is 3.30. The molecule has 1 atom stereocenters. The second kappa shape index (κ2) is 5.10. The second-order valence-corrected chi connectivity index (χ2v) is 5.69. The summed E-state index contributed by atoms with van der Waals surface area (Å²) in [5.74, 6) is 0.867. The zero-order chi connectivity index (χ0) is 15.1. The first-order chi connectivity index (χ1) is 10.7. The number of aromatic nitrogens is 4. The van der Waals surface area contributed by atoms with Gasteiger partial charge in [-0.05, 0) is 31.9 Å². The van der Waals surface area contributed by atoms with E-state index in [-0.39, 0.29) is 11.7 Å². The van der Waals surface area contributed by atoms with Crippen LogP contribution in [0.15, 0.2) is 39.8 Å². The normalized spacial score (nSPS) is 19.2. The Bertz CT molecular complexity index is 862. The summed E-state index contributed by atoms with van der Waals surface area (Å²) in [5.41, 5.74) is 1.43. The third-order valence-corrected chi connectivity index (χ3v) is 4.14. The lowest BCUT2D eigenvalue weighted by Crippen LogP contribution is -2.32. The van der Waals surface area contributed by atoms with Crippen LogP contribution >= 0.6 is 0 Å². The average Bonchev–Trinajstić information content (AvgIpc) is 3.21. The van der Waals surface area contributed by atoms with Gasteiger partial charge < -0.3 is 4.52 Å². The van der Waals surface area contributed by atoms with E-state index in [0.717, 1.165) is 30.8 Å². The van der Waals surface area contributed by atoms with E-state index in [1.54, 1.807) is 10.6 Å². The van der Waals surface area contributed by atoms with Crippen molar-refractivity contribution < 1.29 is 4.52 Å². The summed E-state index contributed by atoms with van der Waals surface area (Å²) in [7, 11) is 0. The molecule has 1 aliphatic rings. The molecular weight excluding hydrogens is 282 g/mol. The number of pyridine rings is 1. The molecular formula is C15H17N5O2.